The molecule has 0 aliphatic carbocycles. The van der Waals surface area contributed by atoms with Gasteiger partial charge in [-0.3, -0.25) is 9.59 Å². The van der Waals surface area contributed by atoms with Crippen LogP contribution in [0.15, 0.2) is 18.2 Å². The third-order valence-corrected chi connectivity index (χ3v) is 3.08. The Balaban J connectivity index is 2.65. The molecule has 7 nitrogen and oxygen atoms in total. The quantitative estimate of drug-likeness (QED) is 0.727. The van der Waals surface area contributed by atoms with Crippen molar-refractivity contribution in [3.63, 3.8) is 0 Å². The largest absolute Gasteiger partial charge is 0.493 e. The van der Waals surface area contributed by atoms with E-state index in [9.17, 15) is 9.59 Å². The number of carbonyl (C=O) groups excluding carboxylic acids is 2. The van der Waals surface area contributed by atoms with Crippen molar-refractivity contribution in [2.75, 3.05) is 27.8 Å². The molecular weight excluding hydrogens is 298 g/mol. The molecule has 2 amide bonds. The van der Waals surface area contributed by atoms with E-state index in [0.29, 0.717) is 18.0 Å². The zero-order valence-electron chi connectivity index (χ0n) is 14.1. The zero-order valence-corrected chi connectivity index (χ0v) is 14.1. The summed E-state index contributed by atoms with van der Waals surface area (Å²) >= 11 is 0. The van der Waals surface area contributed by atoms with Crippen molar-refractivity contribution in [3.8, 4) is 11.5 Å². The Morgan fingerprint density at radius 3 is 2.57 bits per heavy atom. The van der Waals surface area contributed by atoms with Crippen LogP contribution in [-0.2, 0) is 16.1 Å². The van der Waals surface area contributed by atoms with E-state index in [0.717, 1.165) is 5.56 Å². The van der Waals surface area contributed by atoms with Crippen molar-refractivity contribution < 1.29 is 19.1 Å². The summed E-state index contributed by atoms with van der Waals surface area (Å²) in [5.74, 6) is 0.749. The summed E-state index contributed by atoms with van der Waals surface area (Å²) < 4.78 is 10.7. The van der Waals surface area contributed by atoms with Crippen LogP contribution in [0.25, 0.3) is 0 Å². The molecule has 1 rings (SSSR count). The number of benzene rings is 1. The molecule has 23 heavy (non-hydrogen) atoms. The Bertz CT molecular complexity index is 544. The van der Waals surface area contributed by atoms with Gasteiger partial charge in [0.1, 0.15) is 0 Å². The first-order chi connectivity index (χ1) is 10.8. The number of hydrogen-bond donors (Lipinski definition) is 2. The van der Waals surface area contributed by atoms with Crippen molar-refractivity contribution in [1.82, 2.24) is 10.2 Å². The molecule has 0 aromatic heterocycles. The van der Waals surface area contributed by atoms with Crippen LogP contribution in [0.5, 0.6) is 11.5 Å². The average molecular weight is 323 g/mol. The van der Waals surface area contributed by atoms with Gasteiger partial charge in [-0.2, -0.15) is 0 Å². The number of hydrogen-bond acceptors (Lipinski definition) is 5. The van der Waals surface area contributed by atoms with E-state index in [2.05, 4.69) is 5.32 Å². The van der Waals surface area contributed by atoms with Crippen LogP contribution >= 0.6 is 0 Å². The van der Waals surface area contributed by atoms with Gasteiger partial charge in [-0.25, -0.2) is 0 Å². The van der Waals surface area contributed by atoms with Gasteiger partial charge in [-0.1, -0.05) is 6.07 Å². The number of amides is 2. The van der Waals surface area contributed by atoms with Gasteiger partial charge in [-0.05, 0) is 24.6 Å². The van der Waals surface area contributed by atoms with E-state index in [-0.39, 0.29) is 30.9 Å². The van der Waals surface area contributed by atoms with E-state index in [1.807, 2.05) is 6.07 Å². The van der Waals surface area contributed by atoms with Crippen molar-refractivity contribution in [1.29, 1.82) is 0 Å². The van der Waals surface area contributed by atoms with Crippen LogP contribution < -0.4 is 20.5 Å². The molecule has 7 heteroatoms. The molecule has 1 aromatic carbocycles. The second-order valence-corrected chi connectivity index (χ2v) is 5.52. The van der Waals surface area contributed by atoms with Crippen LogP contribution in [0.4, 0.5) is 0 Å². The second kappa shape index (κ2) is 8.99. The van der Waals surface area contributed by atoms with E-state index >= 15 is 0 Å². The van der Waals surface area contributed by atoms with Crippen molar-refractivity contribution in [3.05, 3.63) is 23.8 Å². The van der Waals surface area contributed by atoms with Gasteiger partial charge >= 0.3 is 0 Å². The lowest BCUT2D eigenvalue weighted by atomic mass is 10.2. The average Bonchev–Trinajstić information content (AvgIpc) is 2.50. The number of nitrogens with two attached hydrogens (primary N) is 1. The lowest BCUT2D eigenvalue weighted by Crippen LogP contribution is -2.29. The summed E-state index contributed by atoms with van der Waals surface area (Å²) in [6.07, 6.45) is 0.283. The van der Waals surface area contributed by atoms with E-state index < -0.39 is 0 Å². The monoisotopic (exact) mass is 323 g/mol. The molecule has 0 spiro atoms. The fourth-order valence-electron chi connectivity index (χ4n) is 1.78. The minimum Gasteiger partial charge on any atom is -0.493 e. The Morgan fingerprint density at radius 2 is 2.00 bits per heavy atom. The highest BCUT2D eigenvalue weighted by Crippen LogP contribution is 2.28. The van der Waals surface area contributed by atoms with Gasteiger partial charge in [0.15, 0.2) is 18.1 Å². The van der Waals surface area contributed by atoms with Crippen molar-refractivity contribution in [2.24, 2.45) is 5.73 Å². The SMILES string of the molecule is COc1cc(CNC(=O)CC(C)N)ccc1OCC(=O)N(C)C. The van der Waals surface area contributed by atoms with E-state index in [1.54, 1.807) is 33.2 Å². The predicted molar refractivity (Wildman–Crippen MR) is 87.3 cm³/mol. The molecule has 0 aliphatic heterocycles. The highest BCUT2D eigenvalue weighted by Gasteiger charge is 2.11. The van der Waals surface area contributed by atoms with Crippen LogP contribution in [0.3, 0.4) is 0 Å². The maximum atomic E-state index is 11.6. The van der Waals surface area contributed by atoms with Crippen molar-refractivity contribution >= 4 is 11.8 Å². The molecule has 0 aliphatic rings. The molecule has 0 radical (unpaired) electrons. The number of methoxy groups -OCH3 is 1. The Morgan fingerprint density at radius 1 is 1.30 bits per heavy atom. The summed E-state index contributed by atoms with van der Waals surface area (Å²) in [6, 6.07) is 5.12. The first-order valence-corrected chi connectivity index (χ1v) is 7.35. The lowest BCUT2D eigenvalue weighted by molar-refractivity contribution is -0.130. The van der Waals surface area contributed by atoms with E-state index in [4.69, 9.17) is 15.2 Å². The first-order valence-electron chi connectivity index (χ1n) is 7.35. The maximum Gasteiger partial charge on any atom is 0.259 e. The summed E-state index contributed by atoms with van der Waals surface area (Å²) in [5, 5.41) is 2.79. The van der Waals surface area contributed by atoms with Crippen LogP contribution in [0, 0.1) is 0 Å². The lowest BCUT2D eigenvalue weighted by Gasteiger charge is -2.14. The number of carbonyl (C=O) groups is 2. The summed E-state index contributed by atoms with van der Waals surface area (Å²) in [6.45, 7) is 2.09. The highest BCUT2D eigenvalue weighted by molar-refractivity contribution is 5.77. The third-order valence-electron chi connectivity index (χ3n) is 3.08. The molecule has 0 bridgehead atoms. The zero-order chi connectivity index (χ0) is 17.4. The third kappa shape index (κ3) is 6.56. The smallest absolute Gasteiger partial charge is 0.259 e. The first kappa shape index (κ1) is 18.8. The molecule has 1 aromatic rings. The predicted octanol–water partition coefficient (Wildman–Crippen LogP) is 0.516. The fraction of sp³-hybridized carbons (Fsp3) is 0.500. The van der Waals surface area contributed by atoms with E-state index in [1.165, 1.54) is 12.0 Å². The van der Waals surface area contributed by atoms with Crippen LogP contribution in [-0.4, -0.2) is 50.6 Å². The molecule has 0 saturated heterocycles. The number of likely N-dealkylation sites (N-methyl/N-ethyl adjacent to an activating group) is 1. The maximum absolute atomic E-state index is 11.6. The van der Waals surface area contributed by atoms with Crippen molar-refractivity contribution in [2.45, 2.75) is 25.9 Å². The molecule has 0 heterocycles. The molecule has 128 valence electrons. The topological polar surface area (TPSA) is 93.9 Å². The number of nitrogens with zero attached hydrogens (tertiary/aromatic N) is 1. The summed E-state index contributed by atoms with van der Waals surface area (Å²) in [7, 11) is 4.85. The van der Waals surface area contributed by atoms with Gasteiger partial charge in [0.2, 0.25) is 5.91 Å². The molecular formula is C16H25N3O4. The molecule has 1 atom stereocenters. The molecule has 3 N–H and O–H groups in total. The highest BCUT2D eigenvalue weighted by atomic mass is 16.5. The molecule has 1 unspecified atom stereocenters. The fourth-order valence-corrected chi connectivity index (χ4v) is 1.78. The Hall–Kier alpha value is -2.28. The van der Waals surface area contributed by atoms with Crippen LogP contribution in [0.1, 0.15) is 18.9 Å². The van der Waals surface area contributed by atoms with Gasteiger partial charge in [-0.15, -0.1) is 0 Å². The Kier molecular flexibility index (Phi) is 7.34. The number of ether oxygens (including phenoxy) is 2. The van der Waals surface area contributed by atoms with Gasteiger partial charge < -0.3 is 25.4 Å². The van der Waals surface area contributed by atoms with Gasteiger partial charge in [0.25, 0.3) is 5.91 Å². The summed E-state index contributed by atoms with van der Waals surface area (Å²) in [4.78, 5) is 24.6. The summed E-state index contributed by atoms with van der Waals surface area (Å²) in [5.41, 5.74) is 6.45. The standard InChI is InChI=1S/C16H25N3O4/c1-11(17)7-15(20)18-9-12-5-6-13(14(8-12)22-4)23-10-16(21)19(2)3/h5-6,8,11H,7,9-10,17H2,1-4H3,(H,18,20). The van der Waals surface area contributed by atoms with Gasteiger partial charge in [0, 0.05) is 33.1 Å². The normalized spacial score (nSPS) is 11.5. The number of rotatable bonds is 8. The minimum atomic E-state index is -0.172. The molecule has 0 saturated carbocycles. The molecule has 0 fully saturated rings. The second-order valence-electron chi connectivity index (χ2n) is 5.52. The minimum absolute atomic E-state index is 0.0617. The Labute approximate surface area is 136 Å². The van der Waals surface area contributed by atoms with Gasteiger partial charge in [0.05, 0.1) is 7.11 Å². The number of nitrogens with one attached hydrogen (secondary N) is 1. The van der Waals surface area contributed by atoms with Crippen LogP contribution in [0.2, 0.25) is 0 Å².